The van der Waals surface area contributed by atoms with Crippen LogP contribution in [0, 0.1) is 0 Å². The lowest BCUT2D eigenvalue weighted by Crippen LogP contribution is -2.25. The number of aliphatic hydroxyl groups is 1. The summed E-state index contributed by atoms with van der Waals surface area (Å²) >= 11 is 4.49. The van der Waals surface area contributed by atoms with Crippen LogP contribution in [0.4, 0.5) is 4.79 Å². The van der Waals surface area contributed by atoms with E-state index in [1.165, 1.54) is 6.08 Å². The van der Waals surface area contributed by atoms with Gasteiger partial charge in [0.1, 0.15) is 6.61 Å². The zero-order chi connectivity index (χ0) is 10.8. The summed E-state index contributed by atoms with van der Waals surface area (Å²) in [5.41, 5.74) is 0. The van der Waals surface area contributed by atoms with E-state index in [0.29, 0.717) is 13.0 Å². The van der Waals surface area contributed by atoms with Gasteiger partial charge in [0.2, 0.25) is 0 Å². The minimum Gasteiger partial charge on any atom is -0.502 e. The number of aliphatic hydroxyl groups excluding tert-OH is 1. The lowest BCUT2D eigenvalue weighted by Gasteiger charge is -2.04. The molecular formula is C9H15NO3S. The third-order valence-corrected chi connectivity index (χ3v) is 1.62. The van der Waals surface area contributed by atoms with E-state index in [9.17, 15) is 4.79 Å². The predicted octanol–water partition coefficient (Wildman–Crippen LogP) is 1.95. The molecule has 0 saturated heterocycles. The number of amides is 1. The van der Waals surface area contributed by atoms with E-state index in [2.05, 4.69) is 28.9 Å². The summed E-state index contributed by atoms with van der Waals surface area (Å²) in [5.74, 6) is 0. The van der Waals surface area contributed by atoms with Crippen molar-refractivity contribution in [3.05, 3.63) is 12.7 Å². The molecule has 0 aromatic rings. The van der Waals surface area contributed by atoms with Crippen molar-refractivity contribution < 1.29 is 14.6 Å². The van der Waals surface area contributed by atoms with Gasteiger partial charge in [-0.15, -0.1) is 0 Å². The van der Waals surface area contributed by atoms with E-state index >= 15 is 0 Å². The van der Waals surface area contributed by atoms with Crippen LogP contribution in [0.1, 0.15) is 19.3 Å². The van der Waals surface area contributed by atoms with Gasteiger partial charge >= 0.3 is 6.09 Å². The van der Waals surface area contributed by atoms with Crippen molar-refractivity contribution in [3.63, 3.8) is 0 Å². The normalized spacial score (nSPS) is 9.14. The Kier molecular flexibility index (Phi) is 7.83. The number of alkyl carbamates (subject to hydrolysis) is 1. The van der Waals surface area contributed by atoms with Crippen molar-refractivity contribution in [3.8, 4) is 0 Å². The van der Waals surface area contributed by atoms with Crippen LogP contribution >= 0.6 is 12.2 Å². The number of thiocarbonyl (C=S) groups is 1. The number of hydrogen-bond acceptors (Lipinski definition) is 3. The molecular weight excluding hydrogens is 202 g/mol. The second kappa shape index (κ2) is 8.50. The number of hydrogen-bond donors (Lipinski definition) is 2. The molecule has 0 aliphatic carbocycles. The monoisotopic (exact) mass is 217 g/mol. The quantitative estimate of drug-likeness (QED) is 0.389. The van der Waals surface area contributed by atoms with Gasteiger partial charge in [0.15, 0.2) is 5.05 Å². The van der Waals surface area contributed by atoms with Crippen LogP contribution in [-0.4, -0.2) is 29.4 Å². The average Bonchev–Trinajstić information content (AvgIpc) is 2.13. The molecule has 5 heteroatoms. The summed E-state index contributed by atoms with van der Waals surface area (Å²) < 4.78 is 4.68. The van der Waals surface area contributed by atoms with E-state index < -0.39 is 6.09 Å². The zero-order valence-corrected chi connectivity index (χ0v) is 8.81. The van der Waals surface area contributed by atoms with Gasteiger partial charge in [-0.1, -0.05) is 12.7 Å². The summed E-state index contributed by atoms with van der Waals surface area (Å²) in [5, 5.41) is 11.3. The van der Waals surface area contributed by atoms with Crippen LogP contribution in [0.3, 0.4) is 0 Å². The molecule has 4 nitrogen and oxygen atoms in total. The Morgan fingerprint density at radius 2 is 2.29 bits per heavy atom. The van der Waals surface area contributed by atoms with E-state index in [1.807, 2.05) is 0 Å². The van der Waals surface area contributed by atoms with Gasteiger partial charge in [0, 0.05) is 13.0 Å². The van der Waals surface area contributed by atoms with Crippen LogP contribution in [0.15, 0.2) is 12.7 Å². The topological polar surface area (TPSA) is 58.6 Å². The Morgan fingerprint density at radius 1 is 1.57 bits per heavy atom. The minimum atomic E-state index is -0.448. The predicted molar refractivity (Wildman–Crippen MR) is 58.6 cm³/mol. The molecule has 0 bridgehead atoms. The second-order valence-corrected chi connectivity index (χ2v) is 3.14. The average molecular weight is 217 g/mol. The molecule has 0 unspecified atom stereocenters. The minimum absolute atomic E-state index is 0.0132. The van der Waals surface area contributed by atoms with Crippen molar-refractivity contribution in [2.24, 2.45) is 0 Å². The Labute approximate surface area is 88.9 Å². The molecule has 0 aliphatic heterocycles. The third kappa shape index (κ3) is 8.99. The Morgan fingerprint density at radius 3 is 2.86 bits per heavy atom. The summed E-state index contributed by atoms with van der Waals surface area (Å²) in [6, 6.07) is 0. The molecule has 1 amide bonds. The highest BCUT2D eigenvalue weighted by Gasteiger charge is 1.98. The fraction of sp³-hybridized carbons (Fsp3) is 0.556. The fourth-order valence-corrected chi connectivity index (χ4v) is 0.922. The summed E-state index contributed by atoms with van der Waals surface area (Å²) in [6.45, 7) is 4.16. The number of ether oxygens (including phenoxy) is 1. The summed E-state index contributed by atoms with van der Waals surface area (Å²) in [7, 11) is 0. The highest BCUT2D eigenvalue weighted by atomic mass is 32.1. The lowest BCUT2D eigenvalue weighted by molar-refractivity contribution is 0.158. The van der Waals surface area contributed by atoms with Crippen LogP contribution < -0.4 is 5.32 Å². The molecule has 0 spiro atoms. The van der Waals surface area contributed by atoms with Crippen molar-refractivity contribution in [1.29, 1.82) is 0 Å². The molecule has 80 valence electrons. The van der Waals surface area contributed by atoms with Crippen LogP contribution in [0.5, 0.6) is 0 Å². The zero-order valence-electron chi connectivity index (χ0n) is 7.99. The highest BCUT2D eigenvalue weighted by molar-refractivity contribution is 7.80. The third-order valence-electron chi connectivity index (χ3n) is 1.42. The largest absolute Gasteiger partial charge is 0.502 e. The van der Waals surface area contributed by atoms with E-state index in [4.69, 9.17) is 5.11 Å². The first-order valence-electron chi connectivity index (χ1n) is 4.40. The molecule has 0 aromatic heterocycles. The maximum absolute atomic E-state index is 10.8. The van der Waals surface area contributed by atoms with Gasteiger partial charge in [-0.2, -0.15) is 0 Å². The summed E-state index contributed by atoms with van der Waals surface area (Å²) in [4.78, 5) is 10.8. The Balaban J connectivity index is 3.22. The maximum Gasteiger partial charge on any atom is 0.407 e. The molecule has 0 saturated carbocycles. The first kappa shape index (κ1) is 12.9. The van der Waals surface area contributed by atoms with Gasteiger partial charge in [-0.3, -0.25) is 0 Å². The molecule has 0 atom stereocenters. The number of carbonyl (C=O) groups excluding carboxylic acids is 1. The maximum atomic E-state index is 10.8. The molecule has 0 fully saturated rings. The first-order valence-corrected chi connectivity index (χ1v) is 4.81. The van der Waals surface area contributed by atoms with E-state index in [1.54, 1.807) is 0 Å². The van der Waals surface area contributed by atoms with Gasteiger partial charge in [0.25, 0.3) is 0 Å². The van der Waals surface area contributed by atoms with Gasteiger partial charge in [-0.25, -0.2) is 4.79 Å². The SMILES string of the molecule is C=CCOC(=O)NCCCCC(O)=S. The molecule has 0 aliphatic rings. The van der Waals surface area contributed by atoms with Gasteiger partial charge in [-0.05, 0) is 25.1 Å². The Hall–Kier alpha value is -1.10. The molecule has 2 N–H and O–H groups in total. The smallest absolute Gasteiger partial charge is 0.407 e. The van der Waals surface area contributed by atoms with Crippen LogP contribution in [0.25, 0.3) is 0 Å². The van der Waals surface area contributed by atoms with Crippen molar-refractivity contribution in [2.45, 2.75) is 19.3 Å². The molecule has 0 aromatic carbocycles. The number of nitrogens with one attached hydrogen (secondary N) is 1. The molecule has 14 heavy (non-hydrogen) atoms. The van der Waals surface area contributed by atoms with Crippen LogP contribution in [0.2, 0.25) is 0 Å². The number of rotatable bonds is 7. The van der Waals surface area contributed by atoms with Crippen molar-refractivity contribution in [2.75, 3.05) is 13.2 Å². The van der Waals surface area contributed by atoms with Crippen LogP contribution in [-0.2, 0) is 4.74 Å². The summed E-state index contributed by atoms with van der Waals surface area (Å²) in [6.07, 6.45) is 3.08. The van der Waals surface area contributed by atoms with E-state index in [-0.39, 0.29) is 11.7 Å². The standard InChI is InChI=1S/C9H15NO3S/c1-2-7-13-9(12)10-6-4-3-5-8(11)14/h2H,1,3-7H2,(H,10,12)(H,11,14). The van der Waals surface area contributed by atoms with Gasteiger partial charge < -0.3 is 15.2 Å². The van der Waals surface area contributed by atoms with Crippen molar-refractivity contribution >= 4 is 23.4 Å². The van der Waals surface area contributed by atoms with Gasteiger partial charge in [0.05, 0.1) is 0 Å². The number of unbranched alkanes of at least 4 members (excludes halogenated alkanes) is 1. The molecule has 0 radical (unpaired) electrons. The highest BCUT2D eigenvalue weighted by Crippen LogP contribution is 1.95. The number of carbonyl (C=O) groups is 1. The second-order valence-electron chi connectivity index (χ2n) is 2.66. The molecule has 0 rings (SSSR count). The lowest BCUT2D eigenvalue weighted by atomic mass is 10.2. The van der Waals surface area contributed by atoms with E-state index in [0.717, 1.165) is 12.8 Å². The molecule has 0 heterocycles. The first-order chi connectivity index (χ1) is 6.66. The van der Waals surface area contributed by atoms with Crippen molar-refractivity contribution in [1.82, 2.24) is 5.32 Å². The Bertz CT molecular complexity index is 206. The fourth-order valence-electron chi connectivity index (χ4n) is 0.777.